The van der Waals surface area contributed by atoms with Crippen molar-refractivity contribution in [2.24, 2.45) is 0 Å². The zero-order valence-electron chi connectivity index (χ0n) is 31.6. The molecule has 0 aliphatic carbocycles. The lowest BCUT2D eigenvalue weighted by Gasteiger charge is -2.30. The number of hydrogen-bond acceptors (Lipinski definition) is 14. The van der Waals surface area contributed by atoms with Crippen LogP contribution in [-0.2, 0) is 52.5 Å². The molecule has 292 valence electrons. The quantitative estimate of drug-likeness (QED) is 0.0974. The maximum absolute atomic E-state index is 12.9. The fraction of sp³-hybridized carbons (Fsp3) is 0.583. The van der Waals surface area contributed by atoms with Gasteiger partial charge in [0.1, 0.15) is 17.5 Å². The van der Waals surface area contributed by atoms with Crippen LogP contribution in [0.2, 0.25) is 0 Å². The molecule has 0 atom stereocenters. The third-order valence-corrected chi connectivity index (χ3v) is 9.91. The van der Waals surface area contributed by atoms with Crippen LogP contribution in [0.3, 0.4) is 0 Å². The summed E-state index contributed by atoms with van der Waals surface area (Å²) in [6, 6.07) is 12.5. The van der Waals surface area contributed by atoms with Crippen LogP contribution in [0.1, 0.15) is 52.7 Å². The lowest BCUT2D eigenvalue weighted by molar-refractivity contribution is -0.158. The Morgan fingerprint density at radius 2 is 0.904 bits per heavy atom. The van der Waals surface area contributed by atoms with E-state index in [4.69, 9.17) is 17.8 Å². The van der Waals surface area contributed by atoms with Crippen LogP contribution in [0.15, 0.2) is 58.3 Å². The van der Waals surface area contributed by atoms with Crippen molar-refractivity contribution >= 4 is 38.5 Å². The van der Waals surface area contributed by atoms with Crippen LogP contribution in [0.5, 0.6) is 0 Å². The smallest absolute Gasteiger partial charge is 0.320 e. The van der Waals surface area contributed by atoms with Gasteiger partial charge in [-0.1, -0.05) is 35.4 Å². The largest absolute Gasteiger partial charge is 0.459 e. The van der Waals surface area contributed by atoms with E-state index in [0.717, 1.165) is 11.1 Å². The van der Waals surface area contributed by atoms with Gasteiger partial charge in [0.25, 0.3) is 20.2 Å². The predicted molar refractivity (Wildman–Crippen MR) is 196 cm³/mol. The van der Waals surface area contributed by atoms with Gasteiger partial charge in [-0.2, -0.15) is 16.8 Å². The van der Waals surface area contributed by atoms with Crippen LogP contribution in [-0.4, -0.2) is 133 Å². The first-order valence-electron chi connectivity index (χ1n) is 17.1. The molecule has 0 heterocycles. The Morgan fingerprint density at radius 3 is 1.25 bits per heavy atom. The van der Waals surface area contributed by atoms with Crippen molar-refractivity contribution in [3.63, 3.8) is 0 Å². The van der Waals surface area contributed by atoms with Crippen molar-refractivity contribution in [2.45, 2.75) is 76.4 Å². The Kier molecular flexibility index (Phi) is 17.5. The van der Waals surface area contributed by atoms with Crippen molar-refractivity contribution in [3.05, 3.63) is 59.7 Å². The van der Waals surface area contributed by atoms with E-state index in [1.165, 1.54) is 24.3 Å². The van der Waals surface area contributed by atoms with Gasteiger partial charge >= 0.3 is 11.9 Å². The Hall–Kier alpha value is -3.25. The average molecular weight is 770 g/mol. The molecule has 0 aliphatic heterocycles. The number of hydrogen-bond donors (Lipinski definition) is 0. The minimum atomic E-state index is -4.05. The monoisotopic (exact) mass is 769 g/mol. The summed E-state index contributed by atoms with van der Waals surface area (Å²) >= 11 is 0. The number of benzene rings is 2. The van der Waals surface area contributed by atoms with E-state index < -0.39 is 43.4 Å². The van der Waals surface area contributed by atoms with Gasteiger partial charge < -0.3 is 14.3 Å². The van der Waals surface area contributed by atoms with Crippen molar-refractivity contribution in [1.82, 2.24) is 14.7 Å². The van der Waals surface area contributed by atoms with E-state index in [1.807, 2.05) is 13.8 Å². The van der Waals surface area contributed by atoms with Crippen LogP contribution in [0.4, 0.5) is 0 Å². The summed E-state index contributed by atoms with van der Waals surface area (Å²) in [6.45, 7) is 14.5. The Bertz CT molecular complexity index is 1650. The molecule has 0 saturated carbocycles. The van der Waals surface area contributed by atoms with Gasteiger partial charge in [-0.15, -0.1) is 0 Å². The molecule has 0 fully saturated rings. The fourth-order valence-corrected chi connectivity index (χ4v) is 6.52. The maximum Gasteiger partial charge on any atom is 0.320 e. The van der Waals surface area contributed by atoms with Crippen LogP contribution in [0, 0.1) is 13.8 Å². The van der Waals surface area contributed by atoms with E-state index in [-0.39, 0.29) is 81.9 Å². The van der Waals surface area contributed by atoms with E-state index in [1.54, 1.807) is 80.5 Å². The summed E-state index contributed by atoms with van der Waals surface area (Å²) < 4.78 is 72.4. The van der Waals surface area contributed by atoms with Gasteiger partial charge in [-0.25, -0.2) is 0 Å². The van der Waals surface area contributed by atoms with Crippen molar-refractivity contribution in [3.8, 4) is 0 Å². The SMILES string of the molecule is Cc1ccc(S(=O)(=O)OCCN(CC=O)CCN(CCN(CCOS(=O)(=O)c2ccc(C)cc2)CC(=O)OC(C)(C)C)CC(=O)OC(C)(C)C)cc1. The number of ether oxygens (including phenoxy) is 2. The van der Waals surface area contributed by atoms with Gasteiger partial charge in [0, 0.05) is 39.3 Å². The molecule has 16 heteroatoms. The maximum atomic E-state index is 12.9. The molecule has 2 aromatic rings. The first-order valence-corrected chi connectivity index (χ1v) is 19.9. The number of nitrogens with zero attached hydrogens (tertiary/aromatic N) is 3. The predicted octanol–water partition coefficient (Wildman–Crippen LogP) is 3.20. The average Bonchev–Trinajstić information content (AvgIpc) is 3.00. The van der Waals surface area contributed by atoms with Crippen LogP contribution >= 0.6 is 0 Å². The molecule has 0 bridgehead atoms. The molecule has 0 aliphatic rings. The molecule has 52 heavy (non-hydrogen) atoms. The van der Waals surface area contributed by atoms with Crippen molar-refractivity contribution < 1.29 is 49.1 Å². The molecule has 14 nitrogen and oxygen atoms in total. The summed E-state index contributed by atoms with van der Waals surface area (Å²) in [5, 5.41) is 0. The topological polar surface area (TPSA) is 166 Å². The number of aldehydes is 1. The highest BCUT2D eigenvalue weighted by Gasteiger charge is 2.24. The lowest BCUT2D eigenvalue weighted by atomic mass is 10.2. The fourth-order valence-electron chi connectivity index (χ4n) is 4.72. The zero-order valence-corrected chi connectivity index (χ0v) is 33.3. The third-order valence-electron chi connectivity index (χ3n) is 7.25. The second kappa shape index (κ2) is 20.3. The van der Waals surface area contributed by atoms with Gasteiger partial charge in [0.2, 0.25) is 0 Å². The van der Waals surface area contributed by atoms with E-state index in [2.05, 4.69) is 0 Å². The number of esters is 2. The Labute approximate surface area is 309 Å². The van der Waals surface area contributed by atoms with Gasteiger partial charge in [0.05, 0.1) is 42.6 Å². The standard InChI is InChI=1S/C36H55N3O11S2/c1-29-9-13-31(14-10-29)51(43,44)47-25-22-37(21-24-40)17-18-38(27-33(41)49-35(3,4)5)19-20-39(28-34(42)50-36(6,7)8)23-26-48-52(45,46)32-15-11-30(2)12-16-32/h9-16,24H,17-23,25-28H2,1-8H3. The first kappa shape index (κ1) is 44.9. The molecule has 2 aromatic carbocycles. The van der Waals surface area contributed by atoms with Gasteiger partial charge in [-0.05, 0) is 79.7 Å². The number of aryl methyl sites for hydroxylation is 2. The molecule has 2 rings (SSSR count). The molecule has 0 N–H and O–H groups in total. The Morgan fingerprint density at radius 1 is 0.577 bits per heavy atom. The highest BCUT2D eigenvalue weighted by atomic mass is 32.2. The molecule has 0 unspecified atom stereocenters. The van der Waals surface area contributed by atoms with Crippen LogP contribution < -0.4 is 0 Å². The van der Waals surface area contributed by atoms with Crippen LogP contribution in [0.25, 0.3) is 0 Å². The molecule has 0 radical (unpaired) electrons. The number of rotatable bonds is 22. The molecule has 0 saturated heterocycles. The Balaban J connectivity index is 2.15. The summed E-state index contributed by atoms with van der Waals surface area (Å²) in [7, 11) is -8.05. The molecular formula is C36H55N3O11S2. The number of carbonyl (C=O) groups excluding carboxylic acids is 3. The molecular weight excluding hydrogens is 715 g/mol. The second-order valence-corrected chi connectivity index (χ2v) is 17.6. The lowest BCUT2D eigenvalue weighted by Crippen LogP contribution is -2.45. The van der Waals surface area contributed by atoms with E-state index in [0.29, 0.717) is 6.29 Å². The molecule has 0 aromatic heterocycles. The highest BCUT2D eigenvalue weighted by molar-refractivity contribution is 7.87. The van der Waals surface area contributed by atoms with E-state index in [9.17, 15) is 31.2 Å². The minimum Gasteiger partial charge on any atom is -0.459 e. The summed E-state index contributed by atoms with van der Waals surface area (Å²) in [5.74, 6) is -1.02. The minimum absolute atomic E-state index is 0.00815. The molecule has 0 spiro atoms. The summed E-state index contributed by atoms with van der Waals surface area (Å²) in [4.78, 5) is 42.4. The normalized spacial score (nSPS) is 12.8. The van der Waals surface area contributed by atoms with Gasteiger partial charge in [0.15, 0.2) is 0 Å². The number of carbonyl (C=O) groups is 3. The van der Waals surface area contributed by atoms with Crippen molar-refractivity contribution in [2.75, 3.05) is 72.1 Å². The highest BCUT2D eigenvalue weighted by Crippen LogP contribution is 2.15. The molecule has 0 amide bonds. The second-order valence-electron chi connectivity index (χ2n) is 14.4. The van der Waals surface area contributed by atoms with E-state index >= 15 is 0 Å². The zero-order chi connectivity index (χ0) is 39.2. The van der Waals surface area contributed by atoms with Crippen molar-refractivity contribution in [1.29, 1.82) is 0 Å². The first-order chi connectivity index (χ1) is 24.1. The van der Waals surface area contributed by atoms with Gasteiger partial charge in [-0.3, -0.25) is 32.7 Å². The summed E-state index contributed by atoms with van der Waals surface area (Å²) in [6.07, 6.45) is 0.694. The summed E-state index contributed by atoms with van der Waals surface area (Å²) in [5.41, 5.74) is 0.309. The third kappa shape index (κ3) is 18.0.